The summed E-state index contributed by atoms with van der Waals surface area (Å²) in [6, 6.07) is 0. The van der Waals surface area contributed by atoms with Crippen LogP contribution in [0.2, 0.25) is 5.02 Å². The molecule has 7 heteroatoms. The number of anilines is 1. The van der Waals surface area contributed by atoms with Crippen LogP contribution in [0, 0.1) is 0 Å². The van der Waals surface area contributed by atoms with Gasteiger partial charge in [-0.2, -0.15) is 5.10 Å². The fourth-order valence-electron chi connectivity index (χ4n) is 0.963. The first kappa shape index (κ1) is 12.5. The molecule has 0 unspecified atom stereocenters. The van der Waals surface area contributed by atoms with Crippen LogP contribution in [0.3, 0.4) is 0 Å². The van der Waals surface area contributed by atoms with Crippen molar-refractivity contribution >= 4 is 23.2 Å². The van der Waals surface area contributed by atoms with Crippen molar-refractivity contribution in [2.45, 2.75) is 0 Å². The molecule has 6 nitrogen and oxygen atoms in total. The predicted molar refractivity (Wildman–Crippen MR) is 61.7 cm³/mol. The number of amides is 1. The molecule has 0 saturated heterocycles. The zero-order valence-corrected chi connectivity index (χ0v) is 10.1. The summed E-state index contributed by atoms with van der Waals surface area (Å²) in [6.45, 7) is 0.0710. The van der Waals surface area contributed by atoms with Crippen molar-refractivity contribution in [2.24, 2.45) is 7.05 Å². The number of aryl methyl sites for hydroxylation is 1. The molecule has 0 atom stereocenters. The fourth-order valence-corrected chi connectivity index (χ4v) is 1.20. The Balaban J connectivity index is 2.80. The Bertz CT molecular complexity index is 455. The number of rotatable bonds is 3. The molecule has 1 N–H and O–H groups in total. The minimum absolute atomic E-state index is 0.0315. The van der Waals surface area contributed by atoms with E-state index in [0.717, 1.165) is 4.68 Å². The van der Waals surface area contributed by atoms with E-state index in [4.69, 9.17) is 11.6 Å². The average Bonchev–Trinajstić information content (AvgIpc) is 2.24. The summed E-state index contributed by atoms with van der Waals surface area (Å²) in [7, 11) is 4.80. The van der Waals surface area contributed by atoms with Crippen molar-refractivity contribution < 1.29 is 4.79 Å². The number of likely N-dealkylation sites (N-methyl/N-ethyl adjacent to an activating group) is 1. The summed E-state index contributed by atoms with van der Waals surface area (Å²) in [4.78, 5) is 24.1. The Morgan fingerprint density at radius 2 is 2.25 bits per heavy atom. The highest BCUT2D eigenvalue weighted by molar-refractivity contribution is 6.33. The monoisotopic (exact) mass is 244 g/mol. The lowest BCUT2D eigenvalue weighted by Crippen LogP contribution is -2.29. The molecule has 1 aromatic rings. The van der Waals surface area contributed by atoms with E-state index in [2.05, 4.69) is 10.4 Å². The molecular weight excluding hydrogens is 232 g/mol. The minimum atomic E-state index is -0.399. The average molecular weight is 245 g/mol. The minimum Gasteiger partial charge on any atom is -0.373 e. The summed E-state index contributed by atoms with van der Waals surface area (Å²) in [5, 5.41) is 6.59. The highest BCUT2D eigenvalue weighted by Gasteiger charge is 2.09. The maximum absolute atomic E-state index is 11.4. The molecule has 0 spiro atoms. The van der Waals surface area contributed by atoms with Crippen molar-refractivity contribution in [2.75, 3.05) is 26.0 Å². The molecule has 1 amide bonds. The van der Waals surface area contributed by atoms with Gasteiger partial charge in [0.15, 0.2) is 0 Å². The van der Waals surface area contributed by atoms with Gasteiger partial charge in [-0.25, -0.2) is 4.68 Å². The molecule has 1 heterocycles. The maximum Gasteiger partial charge on any atom is 0.287 e. The lowest BCUT2D eigenvalue weighted by molar-refractivity contribution is -0.126. The fraction of sp³-hybridized carbons (Fsp3) is 0.444. The third-order valence-electron chi connectivity index (χ3n) is 2.01. The first-order valence-electron chi connectivity index (χ1n) is 4.59. The molecule has 0 aliphatic rings. The van der Waals surface area contributed by atoms with Crippen LogP contribution in [-0.4, -0.2) is 41.2 Å². The van der Waals surface area contributed by atoms with Crippen molar-refractivity contribution in [3.63, 3.8) is 0 Å². The number of nitrogens with one attached hydrogen (secondary N) is 1. The lowest BCUT2D eigenvalue weighted by Gasteiger charge is -2.12. The van der Waals surface area contributed by atoms with Crippen LogP contribution in [0.1, 0.15) is 0 Å². The van der Waals surface area contributed by atoms with Crippen LogP contribution in [0.5, 0.6) is 0 Å². The lowest BCUT2D eigenvalue weighted by atomic mass is 10.4. The van der Waals surface area contributed by atoms with Gasteiger partial charge in [-0.3, -0.25) is 9.59 Å². The van der Waals surface area contributed by atoms with E-state index in [9.17, 15) is 9.59 Å². The van der Waals surface area contributed by atoms with Crippen LogP contribution >= 0.6 is 11.6 Å². The topological polar surface area (TPSA) is 67.2 Å². The third-order valence-corrected chi connectivity index (χ3v) is 2.37. The van der Waals surface area contributed by atoms with Gasteiger partial charge in [0, 0.05) is 21.1 Å². The van der Waals surface area contributed by atoms with Crippen molar-refractivity contribution in [1.29, 1.82) is 0 Å². The molecule has 1 aromatic heterocycles. The first-order valence-corrected chi connectivity index (χ1v) is 4.97. The quantitative estimate of drug-likeness (QED) is 0.809. The smallest absolute Gasteiger partial charge is 0.287 e. The van der Waals surface area contributed by atoms with Gasteiger partial charge in [-0.1, -0.05) is 11.6 Å². The summed E-state index contributed by atoms with van der Waals surface area (Å²) in [5.41, 5.74) is -0.0380. The zero-order valence-electron chi connectivity index (χ0n) is 9.32. The number of hydrogen-bond acceptors (Lipinski definition) is 4. The number of hydrogen-bond donors (Lipinski definition) is 1. The third kappa shape index (κ3) is 2.73. The Hall–Kier alpha value is -1.56. The molecule has 0 saturated carbocycles. The van der Waals surface area contributed by atoms with E-state index in [1.165, 1.54) is 18.1 Å². The Morgan fingerprint density at radius 1 is 1.62 bits per heavy atom. The Morgan fingerprint density at radius 3 is 2.81 bits per heavy atom. The van der Waals surface area contributed by atoms with Gasteiger partial charge >= 0.3 is 0 Å². The first-order chi connectivity index (χ1) is 7.43. The van der Waals surface area contributed by atoms with E-state index in [1.807, 2.05) is 0 Å². The second kappa shape index (κ2) is 4.98. The normalized spacial score (nSPS) is 10.0. The van der Waals surface area contributed by atoms with Gasteiger partial charge in [0.1, 0.15) is 5.02 Å². The van der Waals surface area contributed by atoms with Gasteiger partial charge in [-0.15, -0.1) is 0 Å². The van der Waals surface area contributed by atoms with Crippen molar-refractivity contribution in [1.82, 2.24) is 14.7 Å². The molecule has 0 aliphatic carbocycles. The highest BCUT2D eigenvalue weighted by atomic mass is 35.5. The summed E-state index contributed by atoms with van der Waals surface area (Å²) >= 11 is 5.80. The number of aromatic nitrogens is 2. The summed E-state index contributed by atoms with van der Waals surface area (Å²) in [5.74, 6) is -0.114. The Kier molecular flexibility index (Phi) is 3.89. The highest BCUT2D eigenvalue weighted by Crippen LogP contribution is 2.14. The van der Waals surface area contributed by atoms with Gasteiger partial charge in [0.05, 0.1) is 18.4 Å². The van der Waals surface area contributed by atoms with Gasteiger partial charge in [0.25, 0.3) is 5.56 Å². The second-order valence-electron chi connectivity index (χ2n) is 3.44. The zero-order chi connectivity index (χ0) is 12.3. The molecule has 0 aromatic carbocycles. The predicted octanol–water partition coefficient (Wildman–Crippen LogP) is -0.0662. The molecular formula is C9H13ClN4O2. The van der Waals surface area contributed by atoms with Crippen LogP contribution < -0.4 is 10.9 Å². The van der Waals surface area contributed by atoms with Gasteiger partial charge < -0.3 is 10.2 Å². The number of carbonyl (C=O) groups excluding carboxylic acids is 1. The number of halogens is 1. The molecule has 0 bridgehead atoms. The molecule has 16 heavy (non-hydrogen) atoms. The van der Waals surface area contributed by atoms with Gasteiger partial charge in [-0.05, 0) is 0 Å². The molecule has 0 aliphatic heterocycles. The second-order valence-corrected chi connectivity index (χ2v) is 3.82. The van der Waals surface area contributed by atoms with Crippen LogP contribution in [0.4, 0.5) is 5.69 Å². The maximum atomic E-state index is 11.4. The summed E-state index contributed by atoms with van der Waals surface area (Å²) in [6.07, 6.45) is 1.41. The van der Waals surface area contributed by atoms with E-state index in [-0.39, 0.29) is 17.5 Å². The van der Waals surface area contributed by atoms with Crippen LogP contribution in [0.15, 0.2) is 11.0 Å². The van der Waals surface area contributed by atoms with E-state index in [0.29, 0.717) is 5.69 Å². The standard InChI is InChI=1S/C9H13ClN4O2/c1-13(2)7(15)5-11-6-4-12-14(3)9(16)8(6)10/h4,11H,5H2,1-3H3. The molecule has 0 fully saturated rings. The molecule has 0 radical (unpaired) electrons. The van der Waals surface area contributed by atoms with Crippen LogP contribution in [0.25, 0.3) is 0 Å². The number of nitrogens with zero attached hydrogens (tertiary/aromatic N) is 3. The van der Waals surface area contributed by atoms with E-state index < -0.39 is 5.56 Å². The molecule has 88 valence electrons. The largest absolute Gasteiger partial charge is 0.373 e. The van der Waals surface area contributed by atoms with Gasteiger partial charge in [0.2, 0.25) is 5.91 Å². The summed E-state index contributed by atoms with van der Waals surface area (Å²) < 4.78 is 1.13. The van der Waals surface area contributed by atoms with Crippen molar-refractivity contribution in [3.05, 3.63) is 21.6 Å². The Labute approximate surface area is 97.8 Å². The SMILES string of the molecule is CN(C)C(=O)CNc1cnn(C)c(=O)c1Cl. The van der Waals surface area contributed by atoms with Crippen molar-refractivity contribution in [3.8, 4) is 0 Å². The number of carbonyl (C=O) groups is 1. The van der Waals surface area contributed by atoms with Crippen LogP contribution in [-0.2, 0) is 11.8 Å². The van der Waals surface area contributed by atoms with E-state index in [1.54, 1.807) is 14.1 Å². The van der Waals surface area contributed by atoms with E-state index >= 15 is 0 Å². The molecule has 1 rings (SSSR count).